The molecule has 0 aliphatic heterocycles. The normalized spacial score (nSPS) is 10.8. The molecular weight excluding hydrogens is 390 g/mol. The van der Waals surface area contributed by atoms with Gasteiger partial charge in [-0.1, -0.05) is 36.4 Å². The van der Waals surface area contributed by atoms with Crippen molar-refractivity contribution in [1.82, 2.24) is 19.5 Å². The molecular formula is C24H23N5O2. The molecule has 7 heteroatoms. The molecule has 0 fully saturated rings. The fourth-order valence-corrected chi connectivity index (χ4v) is 3.29. The maximum atomic E-state index is 12.5. The maximum absolute atomic E-state index is 12.5. The van der Waals surface area contributed by atoms with Crippen molar-refractivity contribution in [2.75, 3.05) is 19.4 Å². The average molecular weight is 413 g/mol. The first kappa shape index (κ1) is 20.3. The van der Waals surface area contributed by atoms with E-state index in [9.17, 15) is 9.59 Å². The zero-order valence-corrected chi connectivity index (χ0v) is 17.4. The van der Waals surface area contributed by atoms with Gasteiger partial charge in [0.25, 0.3) is 0 Å². The van der Waals surface area contributed by atoms with Gasteiger partial charge in [-0.25, -0.2) is 9.50 Å². The zero-order chi connectivity index (χ0) is 21.8. The minimum absolute atomic E-state index is 0.0201. The largest absolute Gasteiger partial charge is 0.349 e. The minimum atomic E-state index is -0.103. The highest BCUT2D eigenvalue weighted by atomic mass is 16.2. The number of anilines is 1. The summed E-state index contributed by atoms with van der Waals surface area (Å²) in [5, 5.41) is 7.02. The summed E-state index contributed by atoms with van der Waals surface area (Å²) in [6.45, 7) is 0. The SMILES string of the molecule is CN(C)C(=O)Cc1cccc(NC(=O)Cc2ccc(-c3ccn4ncnc4c3)cc2)c1. The second-order valence-corrected chi connectivity index (χ2v) is 7.57. The first-order valence-corrected chi connectivity index (χ1v) is 9.95. The van der Waals surface area contributed by atoms with Crippen molar-refractivity contribution in [3.05, 3.63) is 84.3 Å². The highest BCUT2D eigenvalue weighted by Crippen LogP contribution is 2.21. The van der Waals surface area contributed by atoms with Crippen molar-refractivity contribution in [3.8, 4) is 11.1 Å². The molecule has 2 heterocycles. The van der Waals surface area contributed by atoms with Gasteiger partial charge in [-0.05, 0) is 46.5 Å². The van der Waals surface area contributed by atoms with Gasteiger partial charge in [0.1, 0.15) is 6.33 Å². The molecule has 0 atom stereocenters. The lowest BCUT2D eigenvalue weighted by atomic mass is 10.0. The number of nitrogens with zero attached hydrogens (tertiary/aromatic N) is 4. The summed E-state index contributed by atoms with van der Waals surface area (Å²) in [7, 11) is 3.46. The minimum Gasteiger partial charge on any atom is -0.349 e. The summed E-state index contributed by atoms with van der Waals surface area (Å²) in [5.41, 5.74) is 5.35. The second kappa shape index (κ2) is 8.79. The van der Waals surface area contributed by atoms with Crippen LogP contribution in [0.2, 0.25) is 0 Å². The van der Waals surface area contributed by atoms with E-state index in [4.69, 9.17) is 0 Å². The Morgan fingerprint density at radius 3 is 2.52 bits per heavy atom. The van der Waals surface area contributed by atoms with Crippen LogP contribution in [-0.2, 0) is 22.4 Å². The summed E-state index contributed by atoms with van der Waals surface area (Å²) >= 11 is 0. The van der Waals surface area contributed by atoms with Gasteiger partial charge in [-0.15, -0.1) is 0 Å². The van der Waals surface area contributed by atoms with Crippen LogP contribution >= 0.6 is 0 Å². The van der Waals surface area contributed by atoms with Gasteiger partial charge in [0.2, 0.25) is 11.8 Å². The Kier molecular flexibility index (Phi) is 5.75. The standard InChI is InChI=1S/C24H23N5O2/c1-28(2)24(31)14-18-4-3-5-21(12-18)27-23(30)13-17-6-8-19(9-7-17)20-10-11-29-22(15-20)25-16-26-29/h3-12,15-16H,13-14H2,1-2H3,(H,27,30). The second-order valence-electron chi connectivity index (χ2n) is 7.57. The Morgan fingerprint density at radius 1 is 0.935 bits per heavy atom. The van der Waals surface area contributed by atoms with Crippen LogP contribution < -0.4 is 5.32 Å². The number of carbonyl (C=O) groups excluding carboxylic acids is 2. The number of likely N-dealkylation sites (N-methyl/N-ethyl adjacent to an activating group) is 1. The summed E-state index contributed by atoms with van der Waals surface area (Å²) in [6.07, 6.45) is 3.97. The van der Waals surface area contributed by atoms with E-state index in [2.05, 4.69) is 15.4 Å². The van der Waals surface area contributed by atoms with E-state index in [-0.39, 0.29) is 18.2 Å². The van der Waals surface area contributed by atoms with Crippen molar-refractivity contribution >= 4 is 23.1 Å². The number of nitrogens with one attached hydrogen (secondary N) is 1. The molecule has 0 unspecified atom stereocenters. The molecule has 2 aromatic heterocycles. The maximum Gasteiger partial charge on any atom is 0.228 e. The zero-order valence-electron chi connectivity index (χ0n) is 17.4. The number of benzene rings is 2. The van der Waals surface area contributed by atoms with Crippen molar-refractivity contribution in [1.29, 1.82) is 0 Å². The molecule has 0 bridgehead atoms. The lowest BCUT2D eigenvalue weighted by molar-refractivity contribution is -0.128. The van der Waals surface area contributed by atoms with Gasteiger partial charge in [0.15, 0.2) is 5.65 Å². The van der Waals surface area contributed by atoms with Crippen molar-refractivity contribution < 1.29 is 9.59 Å². The number of amides is 2. The molecule has 2 amide bonds. The molecule has 4 aromatic rings. The third-order valence-corrected chi connectivity index (χ3v) is 5.00. The van der Waals surface area contributed by atoms with Gasteiger partial charge in [0, 0.05) is 26.0 Å². The van der Waals surface area contributed by atoms with E-state index in [0.29, 0.717) is 12.1 Å². The van der Waals surface area contributed by atoms with Crippen molar-refractivity contribution in [2.45, 2.75) is 12.8 Å². The Balaban J connectivity index is 1.39. The quantitative estimate of drug-likeness (QED) is 0.526. The highest BCUT2D eigenvalue weighted by Gasteiger charge is 2.09. The molecule has 0 aliphatic rings. The lowest BCUT2D eigenvalue weighted by Gasteiger charge is -2.11. The van der Waals surface area contributed by atoms with Crippen LogP contribution in [0.5, 0.6) is 0 Å². The van der Waals surface area contributed by atoms with E-state index in [1.165, 1.54) is 6.33 Å². The molecule has 31 heavy (non-hydrogen) atoms. The van der Waals surface area contributed by atoms with E-state index in [0.717, 1.165) is 27.9 Å². The van der Waals surface area contributed by atoms with Crippen LogP contribution in [0.15, 0.2) is 73.2 Å². The summed E-state index contributed by atoms with van der Waals surface area (Å²) in [4.78, 5) is 30.2. The van der Waals surface area contributed by atoms with Gasteiger partial charge in [0.05, 0.1) is 12.8 Å². The summed E-state index contributed by atoms with van der Waals surface area (Å²) < 4.78 is 1.72. The Hall–Kier alpha value is -4.00. The predicted octanol–water partition coefficient (Wildman–Crippen LogP) is 3.21. The Morgan fingerprint density at radius 2 is 1.74 bits per heavy atom. The van der Waals surface area contributed by atoms with Crippen molar-refractivity contribution in [3.63, 3.8) is 0 Å². The number of fused-ring (bicyclic) bond motifs is 1. The molecule has 156 valence electrons. The highest BCUT2D eigenvalue weighted by molar-refractivity contribution is 5.92. The van der Waals surface area contributed by atoms with E-state index >= 15 is 0 Å². The third-order valence-electron chi connectivity index (χ3n) is 5.00. The molecule has 0 saturated heterocycles. The molecule has 4 rings (SSSR count). The number of hydrogen-bond donors (Lipinski definition) is 1. The first-order valence-electron chi connectivity index (χ1n) is 9.95. The van der Waals surface area contributed by atoms with Gasteiger partial charge >= 0.3 is 0 Å². The number of rotatable bonds is 6. The predicted molar refractivity (Wildman–Crippen MR) is 120 cm³/mol. The van der Waals surface area contributed by atoms with Crippen LogP contribution in [0.25, 0.3) is 16.8 Å². The van der Waals surface area contributed by atoms with Crippen molar-refractivity contribution in [2.24, 2.45) is 0 Å². The Bertz CT molecular complexity index is 1230. The van der Waals surface area contributed by atoms with E-state index in [1.807, 2.05) is 66.9 Å². The van der Waals surface area contributed by atoms with Gasteiger partial charge in [-0.2, -0.15) is 5.10 Å². The average Bonchev–Trinajstić information content (AvgIpc) is 3.22. The molecule has 7 nitrogen and oxygen atoms in total. The van der Waals surface area contributed by atoms with E-state index in [1.54, 1.807) is 23.5 Å². The monoisotopic (exact) mass is 413 g/mol. The van der Waals surface area contributed by atoms with Crippen LogP contribution in [0.3, 0.4) is 0 Å². The fraction of sp³-hybridized carbons (Fsp3) is 0.167. The number of hydrogen-bond acceptors (Lipinski definition) is 4. The summed E-state index contributed by atoms with van der Waals surface area (Å²) in [5.74, 6) is -0.0829. The fourth-order valence-electron chi connectivity index (χ4n) is 3.29. The molecule has 0 spiro atoms. The molecule has 0 saturated carbocycles. The molecule has 0 radical (unpaired) electrons. The smallest absolute Gasteiger partial charge is 0.228 e. The number of aromatic nitrogens is 3. The summed E-state index contributed by atoms with van der Waals surface area (Å²) in [6, 6.07) is 19.2. The van der Waals surface area contributed by atoms with Crippen LogP contribution in [-0.4, -0.2) is 45.4 Å². The molecule has 1 N–H and O–H groups in total. The van der Waals surface area contributed by atoms with E-state index < -0.39 is 0 Å². The molecule has 2 aromatic carbocycles. The van der Waals surface area contributed by atoms with Crippen LogP contribution in [0.1, 0.15) is 11.1 Å². The number of pyridine rings is 1. The molecule has 0 aliphatic carbocycles. The van der Waals surface area contributed by atoms with Gasteiger partial charge in [-0.3, -0.25) is 9.59 Å². The van der Waals surface area contributed by atoms with Crippen LogP contribution in [0.4, 0.5) is 5.69 Å². The van der Waals surface area contributed by atoms with Gasteiger partial charge < -0.3 is 10.2 Å². The first-order chi connectivity index (χ1) is 15.0. The third kappa shape index (κ3) is 4.95. The topological polar surface area (TPSA) is 79.6 Å². The number of carbonyl (C=O) groups is 2. The van der Waals surface area contributed by atoms with Crippen LogP contribution in [0, 0.1) is 0 Å². The Labute approximate surface area is 180 Å². The lowest BCUT2D eigenvalue weighted by Crippen LogP contribution is -2.23.